The summed E-state index contributed by atoms with van der Waals surface area (Å²) in [6, 6.07) is 12.4. The Morgan fingerprint density at radius 1 is 1.20 bits per heavy atom. The molecule has 4 rings (SSSR count). The van der Waals surface area contributed by atoms with Gasteiger partial charge in [-0.05, 0) is 37.5 Å². The van der Waals surface area contributed by atoms with Gasteiger partial charge in [-0.15, -0.1) is 0 Å². The van der Waals surface area contributed by atoms with Crippen LogP contribution in [0.4, 0.5) is 5.69 Å². The fraction of sp³-hybridized carbons (Fsp3) is 0.533. The molecule has 214 valence electrons. The zero-order valence-corrected chi connectivity index (χ0v) is 24.5. The monoisotopic (exact) mass is 547 g/mol. The lowest BCUT2D eigenvalue weighted by molar-refractivity contribution is 0.0744. The summed E-state index contributed by atoms with van der Waals surface area (Å²) in [5, 5.41) is 13.9. The maximum Gasteiger partial charge on any atom is 0.253 e. The number of aromatic nitrogens is 3. The van der Waals surface area contributed by atoms with Crippen LogP contribution in [0.2, 0.25) is 0 Å². The van der Waals surface area contributed by atoms with E-state index in [1.807, 2.05) is 12.1 Å². The molecule has 0 bridgehead atoms. The number of nitriles is 1. The highest BCUT2D eigenvalue weighted by atomic mass is 16.5. The highest BCUT2D eigenvalue weighted by Gasteiger charge is 2.36. The van der Waals surface area contributed by atoms with Gasteiger partial charge in [0.05, 0.1) is 30.1 Å². The smallest absolute Gasteiger partial charge is 0.253 e. The Hall–Kier alpha value is -3.68. The number of aryl methyl sites for hydroxylation is 1. The van der Waals surface area contributed by atoms with E-state index in [-0.39, 0.29) is 36.1 Å². The number of anilines is 1. The molecule has 1 aliphatic heterocycles. The number of ether oxygens (including phenoxy) is 1. The Labute approximate surface area is 236 Å². The van der Waals surface area contributed by atoms with E-state index in [0.29, 0.717) is 18.7 Å². The second-order valence-electron chi connectivity index (χ2n) is 10.6. The van der Waals surface area contributed by atoms with E-state index in [1.54, 1.807) is 47.6 Å². The first-order chi connectivity index (χ1) is 19.2. The van der Waals surface area contributed by atoms with Crippen LogP contribution in [0.1, 0.15) is 55.6 Å². The average Bonchev–Trinajstić information content (AvgIpc) is 3.40. The minimum absolute atomic E-state index is 0.0140. The number of rotatable bonds is 10. The van der Waals surface area contributed by atoms with Gasteiger partial charge in [0.1, 0.15) is 12.1 Å². The van der Waals surface area contributed by atoms with Crippen molar-refractivity contribution in [3.05, 3.63) is 58.0 Å². The van der Waals surface area contributed by atoms with E-state index in [4.69, 9.17) is 9.84 Å². The lowest BCUT2D eigenvalue weighted by Gasteiger charge is -2.49. The van der Waals surface area contributed by atoms with Crippen molar-refractivity contribution in [2.45, 2.75) is 58.3 Å². The number of carbonyl (C=O) groups excluding carboxylic acids is 1. The van der Waals surface area contributed by atoms with Gasteiger partial charge in [-0.2, -0.15) is 10.4 Å². The molecule has 0 aliphatic carbocycles. The highest BCUT2D eigenvalue weighted by Crippen LogP contribution is 2.34. The van der Waals surface area contributed by atoms with Crippen molar-refractivity contribution in [3.63, 3.8) is 0 Å². The second-order valence-corrected chi connectivity index (χ2v) is 10.6. The van der Waals surface area contributed by atoms with Gasteiger partial charge in [-0.3, -0.25) is 19.2 Å². The third kappa shape index (κ3) is 5.76. The minimum atomic E-state index is -0.0831. The molecule has 0 N–H and O–H groups in total. The fourth-order valence-electron chi connectivity index (χ4n) is 5.71. The predicted molar refractivity (Wildman–Crippen MR) is 156 cm³/mol. The first-order valence-corrected chi connectivity index (χ1v) is 14.0. The third-order valence-corrected chi connectivity index (χ3v) is 8.28. The Kier molecular flexibility index (Phi) is 9.28. The molecule has 1 aliphatic rings. The molecule has 3 heterocycles. The van der Waals surface area contributed by atoms with Crippen molar-refractivity contribution in [2.75, 3.05) is 45.3 Å². The summed E-state index contributed by atoms with van der Waals surface area (Å²) in [6.45, 7) is 9.41. The number of nitrogens with zero attached hydrogens (tertiary/aromatic N) is 7. The summed E-state index contributed by atoms with van der Waals surface area (Å²) in [4.78, 5) is 32.3. The summed E-state index contributed by atoms with van der Waals surface area (Å²) in [5.41, 5.74) is 4.09. The number of benzene rings is 1. The summed E-state index contributed by atoms with van der Waals surface area (Å²) in [7, 11) is 5.17. The number of methoxy groups -OCH3 is 1. The molecule has 1 unspecified atom stereocenters. The van der Waals surface area contributed by atoms with Crippen molar-refractivity contribution in [1.29, 1.82) is 5.26 Å². The number of piperazine rings is 1. The number of hydrogen-bond donors (Lipinski definition) is 0. The maximum absolute atomic E-state index is 12.9. The standard InChI is InChI=1S/C30H41N7O3/c1-7-24-19-37(26-17-28(38)34(5)27-20-35(14-13-31)32-29(26)27)25(8-2)18-36(24)21(3)22-9-11-23(12-10-22)30(39)33(4)15-16-40-6/h9-12,17,20-21,24-25H,7-8,14-16,18-19H2,1-6H3/t21?,24-,25+/m1/s1. The maximum atomic E-state index is 12.9. The predicted octanol–water partition coefficient (Wildman–Crippen LogP) is 3.42. The Bertz CT molecular complexity index is 1420. The molecule has 1 fully saturated rings. The molecule has 0 spiro atoms. The van der Waals surface area contributed by atoms with Crippen molar-refractivity contribution >= 4 is 22.6 Å². The van der Waals surface area contributed by atoms with Crippen molar-refractivity contribution in [1.82, 2.24) is 24.1 Å². The van der Waals surface area contributed by atoms with Gasteiger partial charge >= 0.3 is 0 Å². The van der Waals surface area contributed by atoms with Crippen LogP contribution < -0.4 is 10.5 Å². The van der Waals surface area contributed by atoms with Gasteiger partial charge in [0.15, 0.2) is 0 Å². The summed E-state index contributed by atoms with van der Waals surface area (Å²) in [5.74, 6) is -0.0140. The largest absolute Gasteiger partial charge is 0.383 e. The Morgan fingerprint density at radius 3 is 2.52 bits per heavy atom. The van der Waals surface area contributed by atoms with Gasteiger partial charge in [-0.1, -0.05) is 26.0 Å². The van der Waals surface area contributed by atoms with Crippen LogP contribution in [-0.4, -0.2) is 82.5 Å². The van der Waals surface area contributed by atoms with Gasteiger partial charge in [0, 0.05) is 70.6 Å². The van der Waals surface area contributed by atoms with Crippen LogP contribution in [0.5, 0.6) is 0 Å². The first-order valence-electron chi connectivity index (χ1n) is 14.0. The van der Waals surface area contributed by atoms with Crippen LogP contribution in [0, 0.1) is 11.3 Å². The van der Waals surface area contributed by atoms with E-state index in [9.17, 15) is 14.9 Å². The normalized spacial score (nSPS) is 18.6. The third-order valence-electron chi connectivity index (χ3n) is 8.28. The zero-order chi connectivity index (χ0) is 29.0. The number of amides is 1. The SMILES string of the molecule is CC[C@H]1CN(C(C)c2ccc(C(=O)N(C)CCOC)cc2)[C@H](CC)CN1c1cc(=O)n(C)c2cn(CC#N)nc12. The molecule has 40 heavy (non-hydrogen) atoms. The molecule has 3 aromatic rings. The minimum Gasteiger partial charge on any atom is -0.383 e. The Morgan fingerprint density at radius 2 is 1.90 bits per heavy atom. The van der Waals surface area contributed by atoms with Crippen LogP contribution in [-0.2, 0) is 18.3 Å². The summed E-state index contributed by atoms with van der Waals surface area (Å²) >= 11 is 0. The van der Waals surface area contributed by atoms with Crippen LogP contribution in [0.25, 0.3) is 11.0 Å². The highest BCUT2D eigenvalue weighted by molar-refractivity contribution is 5.94. The zero-order valence-electron chi connectivity index (χ0n) is 24.5. The van der Waals surface area contributed by atoms with E-state index < -0.39 is 0 Å². The van der Waals surface area contributed by atoms with E-state index in [0.717, 1.165) is 42.7 Å². The second kappa shape index (κ2) is 12.7. The van der Waals surface area contributed by atoms with Crippen LogP contribution >= 0.6 is 0 Å². The molecule has 10 nitrogen and oxygen atoms in total. The molecule has 0 radical (unpaired) electrons. The molecule has 1 aromatic carbocycles. The van der Waals surface area contributed by atoms with Crippen LogP contribution in [0.3, 0.4) is 0 Å². The first kappa shape index (κ1) is 29.3. The number of likely N-dealkylation sites (N-methyl/N-ethyl adjacent to an activating group) is 1. The summed E-state index contributed by atoms with van der Waals surface area (Å²) < 4.78 is 8.30. The van der Waals surface area contributed by atoms with Gasteiger partial charge in [0.25, 0.3) is 11.5 Å². The molecular formula is C30H41N7O3. The van der Waals surface area contributed by atoms with E-state index in [1.165, 1.54) is 5.56 Å². The van der Waals surface area contributed by atoms with E-state index >= 15 is 0 Å². The number of hydrogen-bond acceptors (Lipinski definition) is 7. The molecule has 10 heteroatoms. The molecule has 0 saturated carbocycles. The molecule has 1 saturated heterocycles. The summed E-state index contributed by atoms with van der Waals surface area (Å²) in [6.07, 6.45) is 3.65. The van der Waals surface area contributed by atoms with Gasteiger partial charge < -0.3 is 19.1 Å². The van der Waals surface area contributed by atoms with Crippen molar-refractivity contribution < 1.29 is 9.53 Å². The molecular weight excluding hydrogens is 506 g/mol. The topological polar surface area (TPSA) is 99.6 Å². The Balaban J connectivity index is 1.59. The molecule has 3 atom stereocenters. The fourth-order valence-corrected chi connectivity index (χ4v) is 5.71. The lowest BCUT2D eigenvalue weighted by Crippen LogP contribution is -2.58. The number of carbonyl (C=O) groups is 1. The number of fused-ring (bicyclic) bond motifs is 1. The quantitative estimate of drug-likeness (QED) is 0.384. The van der Waals surface area contributed by atoms with Gasteiger partial charge in [-0.25, -0.2) is 0 Å². The average molecular weight is 548 g/mol. The van der Waals surface area contributed by atoms with E-state index in [2.05, 4.69) is 48.8 Å². The lowest BCUT2D eigenvalue weighted by atomic mass is 9.96. The van der Waals surface area contributed by atoms with Crippen molar-refractivity contribution in [3.8, 4) is 6.07 Å². The number of pyridine rings is 1. The molecule has 1 amide bonds. The van der Waals surface area contributed by atoms with Gasteiger partial charge in [0.2, 0.25) is 0 Å². The molecule has 2 aromatic heterocycles. The van der Waals surface area contributed by atoms with Crippen LogP contribution in [0.15, 0.2) is 41.3 Å². The van der Waals surface area contributed by atoms with Crippen molar-refractivity contribution in [2.24, 2.45) is 7.05 Å².